The van der Waals surface area contributed by atoms with E-state index in [2.05, 4.69) is 4.74 Å². The third-order valence-corrected chi connectivity index (χ3v) is 2.36. The zero-order chi connectivity index (χ0) is 12.8. The van der Waals surface area contributed by atoms with Gasteiger partial charge < -0.3 is 15.4 Å². The minimum atomic E-state index is -0.787. The number of carbonyl (C=O) groups excluding carboxylic acids is 2. The minimum Gasteiger partial charge on any atom is -0.445 e. The van der Waals surface area contributed by atoms with Crippen molar-refractivity contribution in [3.8, 4) is 0 Å². The Morgan fingerprint density at radius 3 is 2.24 bits per heavy atom. The van der Waals surface area contributed by atoms with Crippen LogP contribution in [0.3, 0.4) is 0 Å². The second-order valence-electron chi connectivity index (χ2n) is 3.80. The van der Waals surface area contributed by atoms with Crippen LogP contribution in [0.5, 0.6) is 0 Å². The van der Waals surface area contributed by atoms with Gasteiger partial charge in [-0.2, -0.15) is 0 Å². The van der Waals surface area contributed by atoms with E-state index in [-0.39, 0.29) is 12.5 Å². The van der Waals surface area contributed by atoms with Gasteiger partial charge in [-0.15, -0.1) is 0 Å². The van der Waals surface area contributed by atoms with Gasteiger partial charge in [0.2, 0.25) is 5.91 Å². The maximum atomic E-state index is 11.0. The summed E-state index contributed by atoms with van der Waals surface area (Å²) in [6, 6.07) is 7.46. The number of nitrogens with two attached hydrogens (primary N) is 1. The van der Waals surface area contributed by atoms with Gasteiger partial charge in [0.05, 0.1) is 0 Å². The predicted octanol–water partition coefficient (Wildman–Crippen LogP) is 1.26. The van der Waals surface area contributed by atoms with Crippen LogP contribution in [0.1, 0.15) is 18.1 Å². The second kappa shape index (κ2) is 5.89. The van der Waals surface area contributed by atoms with Gasteiger partial charge in [-0.25, -0.2) is 4.79 Å². The van der Waals surface area contributed by atoms with Crippen LogP contribution in [0.4, 0.5) is 4.79 Å². The van der Waals surface area contributed by atoms with E-state index >= 15 is 0 Å². The van der Waals surface area contributed by atoms with Gasteiger partial charge in [-0.1, -0.05) is 24.3 Å². The second-order valence-corrected chi connectivity index (χ2v) is 3.80. The largest absolute Gasteiger partial charge is 0.445 e. The van der Waals surface area contributed by atoms with Crippen LogP contribution in [0, 0.1) is 0 Å². The molecule has 0 aliphatic rings. The first-order valence-corrected chi connectivity index (χ1v) is 5.21. The van der Waals surface area contributed by atoms with Crippen molar-refractivity contribution >= 4 is 12.0 Å². The smallest absolute Gasteiger partial charge is 0.404 e. The Morgan fingerprint density at radius 1 is 1.24 bits per heavy atom. The van der Waals surface area contributed by atoms with Crippen molar-refractivity contribution in [1.82, 2.24) is 4.90 Å². The Labute approximate surface area is 100 Å². The number of primary amides is 1. The molecule has 2 N–H and O–H groups in total. The van der Waals surface area contributed by atoms with E-state index in [0.29, 0.717) is 6.54 Å². The maximum absolute atomic E-state index is 11.0. The summed E-state index contributed by atoms with van der Waals surface area (Å²) in [5.74, 6) is 0.0196. The van der Waals surface area contributed by atoms with Crippen LogP contribution < -0.4 is 5.73 Å². The number of carbonyl (C=O) groups is 2. The Balaban J connectivity index is 2.55. The summed E-state index contributed by atoms with van der Waals surface area (Å²) < 4.78 is 4.66. The summed E-state index contributed by atoms with van der Waals surface area (Å²) in [5.41, 5.74) is 6.74. The van der Waals surface area contributed by atoms with Crippen LogP contribution in [0.2, 0.25) is 0 Å². The minimum absolute atomic E-state index is 0.0196. The molecule has 0 aliphatic carbocycles. The van der Waals surface area contributed by atoms with E-state index < -0.39 is 6.09 Å². The molecule has 0 unspecified atom stereocenters. The summed E-state index contributed by atoms with van der Waals surface area (Å²) in [6.45, 7) is 2.25. The molecule has 1 aromatic carbocycles. The zero-order valence-corrected chi connectivity index (χ0v) is 9.97. The van der Waals surface area contributed by atoms with Gasteiger partial charge in [0.15, 0.2) is 0 Å². The van der Waals surface area contributed by atoms with E-state index in [4.69, 9.17) is 5.73 Å². The van der Waals surface area contributed by atoms with Crippen molar-refractivity contribution in [2.45, 2.75) is 20.1 Å². The number of amides is 2. The molecule has 0 aromatic heterocycles. The van der Waals surface area contributed by atoms with E-state index in [0.717, 1.165) is 11.1 Å². The summed E-state index contributed by atoms with van der Waals surface area (Å²) in [6.07, 6.45) is -0.787. The zero-order valence-electron chi connectivity index (χ0n) is 9.97. The summed E-state index contributed by atoms with van der Waals surface area (Å²) in [5, 5.41) is 0. The van der Waals surface area contributed by atoms with Crippen molar-refractivity contribution in [2.75, 3.05) is 7.05 Å². The molecule has 0 saturated carbocycles. The summed E-state index contributed by atoms with van der Waals surface area (Å²) >= 11 is 0. The number of hydrogen-bond acceptors (Lipinski definition) is 3. The monoisotopic (exact) mass is 236 g/mol. The predicted molar refractivity (Wildman–Crippen MR) is 63.0 cm³/mol. The Bertz CT molecular complexity index is 401. The van der Waals surface area contributed by atoms with Crippen molar-refractivity contribution in [3.63, 3.8) is 0 Å². The van der Waals surface area contributed by atoms with Crippen molar-refractivity contribution < 1.29 is 14.3 Å². The standard InChI is InChI=1S/C12H16N2O3/c1-9(15)14(2)7-10-3-5-11(6-4-10)8-17-12(13)16/h3-6H,7-8H2,1-2H3,(H2,13,16). The molecule has 17 heavy (non-hydrogen) atoms. The molecule has 92 valence electrons. The SMILES string of the molecule is CC(=O)N(C)Cc1ccc(COC(N)=O)cc1. The third kappa shape index (κ3) is 4.55. The van der Waals surface area contributed by atoms with E-state index in [1.807, 2.05) is 24.3 Å². The maximum Gasteiger partial charge on any atom is 0.404 e. The first-order chi connectivity index (χ1) is 7.99. The number of rotatable bonds is 4. The molecule has 0 fully saturated rings. The topological polar surface area (TPSA) is 72.6 Å². The highest BCUT2D eigenvalue weighted by molar-refractivity contribution is 5.72. The lowest BCUT2D eigenvalue weighted by atomic mass is 10.1. The van der Waals surface area contributed by atoms with Crippen molar-refractivity contribution in [1.29, 1.82) is 0 Å². The molecule has 0 radical (unpaired) electrons. The van der Waals surface area contributed by atoms with Crippen LogP contribution in [0.25, 0.3) is 0 Å². The lowest BCUT2D eigenvalue weighted by Crippen LogP contribution is -2.22. The average molecular weight is 236 g/mol. The van der Waals surface area contributed by atoms with Gasteiger partial charge >= 0.3 is 6.09 Å². The molecule has 5 heteroatoms. The first kappa shape index (κ1) is 13.0. The number of hydrogen-bond donors (Lipinski definition) is 1. The summed E-state index contributed by atoms with van der Waals surface area (Å²) in [7, 11) is 1.74. The lowest BCUT2D eigenvalue weighted by molar-refractivity contribution is -0.128. The molecule has 2 amide bonds. The van der Waals surface area contributed by atoms with Crippen LogP contribution in [-0.4, -0.2) is 23.9 Å². The molecule has 0 heterocycles. The molecule has 5 nitrogen and oxygen atoms in total. The molecule has 1 aromatic rings. The molecule has 0 bridgehead atoms. The molecule has 0 aliphatic heterocycles. The quantitative estimate of drug-likeness (QED) is 0.855. The third-order valence-electron chi connectivity index (χ3n) is 2.36. The Hall–Kier alpha value is -2.04. The van der Waals surface area contributed by atoms with Crippen LogP contribution in [-0.2, 0) is 22.7 Å². The van der Waals surface area contributed by atoms with Gasteiger partial charge in [0.1, 0.15) is 6.61 Å². The molecule has 0 atom stereocenters. The van der Waals surface area contributed by atoms with Gasteiger partial charge in [0.25, 0.3) is 0 Å². The molecule has 0 spiro atoms. The molecule has 1 rings (SSSR count). The Kier molecular flexibility index (Phi) is 4.51. The van der Waals surface area contributed by atoms with Crippen LogP contribution in [0.15, 0.2) is 24.3 Å². The number of ether oxygens (including phenoxy) is 1. The number of benzene rings is 1. The van der Waals surface area contributed by atoms with Crippen LogP contribution >= 0.6 is 0 Å². The fourth-order valence-corrected chi connectivity index (χ4v) is 1.28. The fraction of sp³-hybridized carbons (Fsp3) is 0.333. The highest BCUT2D eigenvalue weighted by Crippen LogP contribution is 2.08. The van der Waals surface area contributed by atoms with Gasteiger partial charge in [-0.3, -0.25) is 4.79 Å². The highest BCUT2D eigenvalue weighted by Gasteiger charge is 2.03. The van der Waals surface area contributed by atoms with E-state index in [1.54, 1.807) is 11.9 Å². The normalized spacial score (nSPS) is 9.76. The van der Waals surface area contributed by atoms with Gasteiger partial charge in [0, 0.05) is 20.5 Å². The van der Waals surface area contributed by atoms with E-state index in [1.165, 1.54) is 6.92 Å². The number of nitrogens with zero attached hydrogens (tertiary/aromatic N) is 1. The molecule has 0 saturated heterocycles. The summed E-state index contributed by atoms with van der Waals surface area (Å²) in [4.78, 5) is 23.1. The van der Waals surface area contributed by atoms with Gasteiger partial charge in [-0.05, 0) is 11.1 Å². The molecular weight excluding hydrogens is 220 g/mol. The van der Waals surface area contributed by atoms with E-state index in [9.17, 15) is 9.59 Å². The molecular formula is C12H16N2O3. The highest BCUT2D eigenvalue weighted by atomic mass is 16.5. The first-order valence-electron chi connectivity index (χ1n) is 5.21. The average Bonchev–Trinajstić information content (AvgIpc) is 2.28. The van der Waals surface area contributed by atoms with Crippen molar-refractivity contribution in [3.05, 3.63) is 35.4 Å². The van der Waals surface area contributed by atoms with Crippen molar-refractivity contribution in [2.24, 2.45) is 5.73 Å². The fourth-order valence-electron chi connectivity index (χ4n) is 1.28. The Morgan fingerprint density at radius 2 is 1.76 bits per heavy atom. The lowest BCUT2D eigenvalue weighted by Gasteiger charge is -2.14.